The van der Waals surface area contributed by atoms with E-state index in [2.05, 4.69) is 15.9 Å². The highest BCUT2D eigenvalue weighted by Crippen LogP contribution is 2.26. The van der Waals surface area contributed by atoms with E-state index < -0.39 is 24.1 Å². The van der Waals surface area contributed by atoms with Crippen molar-refractivity contribution in [2.45, 2.75) is 12.2 Å². The smallest absolute Gasteiger partial charge is 0.471 e. The average molecular weight is 340 g/mol. The Labute approximate surface area is 114 Å². The van der Waals surface area contributed by atoms with Gasteiger partial charge in [0.05, 0.1) is 0 Å². The molecule has 0 fully saturated rings. The molecule has 1 unspecified atom stereocenters. The first-order valence-corrected chi connectivity index (χ1v) is 5.76. The summed E-state index contributed by atoms with van der Waals surface area (Å²) >= 11 is 3.12. The third-order valence-corrected chi connectivity index (χ3v) is 2.90. The van der Waals surface area contributed by atoms with Gasteiger partial charge in [0.25, 0.3) is 0 Å². The van der Waals surface area contributed by atoms with E-state index >= 15 is 0 Å². The number of carbonyl (C=O) groups excluding carboxylic acids is 1. The van der Waals surface area contributed by atoms with Crippen LogP contribution < -0.4 is 0 Å². The van der Waals surface area contributed by atoms with Crippen LogP contribution in [0.5, 0.6) is 0 Å². The van der Waals surface area contributed by atoms with Crippen LogP contribution in [0, 0.1) is 0 Å². The predicted octanol–water partition coefficient (Wildman–Crippen LogP) is 2.60. The zero-order valence-electron chi connectivity index (χ0n) is 9.61. The summed E-state index contributed by atoms with van der Waals surface area (Å²) in [6, 6.07) is 3.95. The molecule has 0 bridgehead atoms. The molecule has 1 aromatic carbocycles. The van der Waals surface area contributed by atoms with Crippen LogP contribution in [0.25, 0.3) is 0 Å². The number of aliphatic carboxylic acids is 1. The number of likely N-dealkylation sites (N-methyl/N-ethyl adjacent to an activating group) is 1. The Morgan fingerprint density at radius 3 is 2.11 bits per heavy atom. The molecule has 1 rings (SSSR count). The van der Waals surface area contributed by atoms with Crippen molar-refractivity contribution < 1.29 is 27.9 Å². The summed E-state index contributed by atoms with van der Waals surface area (Å²) in [4.78, 5) is 22.3. The summed E-state index contributed by atoms with van der Waals surface area (Å²) < 4.78 is 37.6. The van der Waals surface area contributed by atoms with Crippen LogP contribution >= 0.6 is 15.9 Å². The van der Waals surface area contributed by atoms with Gasteiger partial charge in [0, 0.05) is 11.5 Å². The fraction of sp³-hybridized carbons (Fsp3) is 0.273. The normalized spacial score (nSPS) is 12.9. The fourth-order valence-electron chi connectivity index (χ4n) is 1.49. The van der Waals surface area contributed by atoms with Gasteiger partial charge in [0.1, 0.15) is 0 Å². The van der Waals surface area contributed by atoms with E-state index in [0.29, 0.717) is 4.47 Å². The second kappa shape index (κ2) is 5.60. The summed E-state index contributed by atoms with van der Waals surface area (Å²) in [6.07, 6.45) is -5.11. The maximum absolute atomic E-state index is 12.3. The van der Waals surface area contributed by atoms with Crippen LogP contribution in [0.1, 0.15) is 11.6 Å². The summed E-state index contributed by atoms with van der Waals surface area (Å²) in [5, 5.41) is 9.01. The first-order valence-electron chi connectivity index (χ1n) is 4.97. The van der Waals surface area contributed by atoms with Gasteiger partial charge in [0.15, 0.2) is 6.04 Å². The molecule has 0 aliphatic rings. The van der Waals surface area contributed by atoms with E-state index in [1.807, 2.05) is 0 Å². The van der Waals surface area contributed by atoms with E-state index in [4.69, 9.17) is 5.11 Å². The Kier molecular flexibility index (Phi) is 4.56. The first-order chi connectivity index (χ1) is 8.64. The Bertz CT molecular complexity index is 487. The van der Waals surface area contributed by atoms with Crippen LogP contribution in [0.3, 0.4) is 0 Å². The minimum absolute atomic E-state index is 0.0794. The molecule has 4 nitrogen and oxygen atoms in total. The number of benzene rings is 1. The predicted molar refractivity (Wildman–Crippen MR) is 63.3 cm³/mol. The first kappa shape index (κ1) is 15.5. The molecule has 1 amide bonds. The minimum atomic E-state index is -5.11. The maximum Gasteiger partial charge on any atom is 0.471 e. The van der Waals surface area contributed by atoms with Gasteiger partial charge >= 0.3 is 18.1 Å². The molecule has 0 aliphatic heterocycles. The van der Waals surface area contributed by atoms with Gasteiger partial charge in [0.2, 0.25) is 0 Å². The van der Waals surface area contributed by atoms with Crippen LogP contribution in [0.2, 0.25) is 0 Å². The van der Waals surface area contributed by atoms with Gasteiger partial charge in [-0.3, -0.25) is 4.79 Å². The Morgan fingerprint density at radius 2 is 1.74 bits per heavy atom. The van der Waals surface area contributed by atoms with Crippen molar-refractivity contribution in [3.63, 3.8) is 0 Å². The number of rotatable bonds is 3. The minimum Gasteiger partial charge on any atom is -0.479 e. The lowest BCUT2D eigenvalue weighted by atomic mass is 10.1. The molecule has 0 saturated heterocycles. The van der Waals surface area contributed by atoms with Gasteiger partial charge in [-0.25, -0.2) is 4.79 Å². The van der Waals surface area contributed by atoms with E-state index in [9.17, 15) is 22.8 Å². The summed E-state index contributed by atoms with van der Waals surface area (Å²) in [7, 11) is 0.802. The summed E-state index contributed by atoms with van der Waals surface area (Å²) in [5.74, 6) is -3.75. The van der Waals surface area contributed by atoms with Crippen molar-refractivity contribution in [1.29, 1.82) is 0 Å². The lowest BCUT2D eigenvalue weighted by molar-refractivity contribution is -0.188. The Hall–Kier alpha value is -1.57. The second-order valence-corrected chi connectivity index (χ2v) is 4.62. The molecule has 0 radical (unpaired) electrons. The number of carboxylic acids is 1. The molecule has 104 valence electrons. The van der Waals surface area contributed by atoms with Crippen molar-refractivity contribution in [2.75, 3.05) is 7.05 Å². The number of hydrogen-bond acceptors (Lipinski definition) is 2. The monoisotopic (exact) mass is 339 g/mol. The standard InChI is InChI=1S/C11H9BrF3NO3/c1-16(10(19)11(13,14)15)8(9(17)18)6-2-4-7(12)5-3-6/h2-5,8H,1H3,(H,17,18). The van der Waals surface area contributed by atoms with Crippen molar-refractivity contribution >= 4 is 27.8 Å². The van der Waals surface area contributed by atoms with Crippen LogP contribution in [-0.2, 0) is 9.59 Å². The molecule has 0 heterocycles. The molecule has 1 atom stereocenters. The topological polar surface area (TPSA) is 57.6 Å². The van der Waals surface area contributed by atoms with Gasteiger partial charge in [-0.2, -0.15) is 13.2 Å². The molecule has 19 heavy (non-hydrogen) atoms. The summed E-state index contributed by atoms with van der Waals surface area (Å²) in [6.45, 7) is 0. The molecule has 0 spiro atoms. The molecule has 0 aromatic heterocycles. The largest absolute Gasteiger partial charge is 0.479 e. The van der Waals surface area contributed by atoms with E-state index in [1.165, 1.54) is 24.3 Å². The second-order valence-electron chi connectivity index (χ2n) is 3.71. The molecule has 1 aromatic rings. The SMILES string of the molecule is CN(C(=O)C(F)(F)F)C(C(=O)O)c1ccc(Br)cc1. The molecule has 1 N–H and O–H groups in total. The maximum atomic E-state index is 12.3. The van der Waals surface area contributed by atoms with Crippen molar-refractivity contribution in [3.8, 4) is 0 Å². The number of halogens is 4. The zero-order chi connectivity index (χ0) is 14.8. The highest BCUT2D eigenvalue weighted by Gasteiger charge is 2.45. The Morgan fingerprint density at radius 1 is 1.26 bits per heavy atom. The lowest BCUT2D eigenvalue weighted by Gasteiger charge is -2.25. The number of carbonyl (C=O) groups is 2. The Balaban J connectivity index is 3.12. The van der Waals surface area contributed by atoms with Gasteiger partial charge in [-0.15, -0.1) is 0 Å². The molecule has 0 saturated carbocycles. The van der Waals surface area contributed by atoms with Crippen LogP contribution in [-0.4, -0.2) is 35.1 Å². The quantitative estimate of drug-likeness (QED) is 0.920. The fourth-order valence-corrected chi connectivity index (χ4v) is 1.76. The molecule has 0 aliphatic carbocycles. The highest BCUT2D eigenvalue weighted by atomic mass is 79.9. The number of nitrogens with zero attached hydrogens (tertiary/aromatic N) is 1. The van der Waals surface area contributed by atoms with E-state index in [-0.39, 0.29) is 10.5 Å². The van der Waals surface area contributed by atoms with Gasteiger partial charge in [-0.1, -0.05) is 28.1 Å². The highest BCUT2D eigenvalue weighted by molar-refractivity contribution is 9.10. The van der Waals surface area contributed by atoms with Gasteiger partial charge < -0.3 is 10.0 Å². The zero-order valence-corrected chi connectivity index (χ0v) is 11.2. The number of hydrogen-bond donors (Lipinski definition) is 1. The van der Waals surface area contributed by atoms with Crippen LogP contribution in [0.15, 0.2) is 28.7 Å². The number of amides is 1. The van der Waals surface area contributed by atoms with Crippen molar-refractivity contribution in [2.24, 2.45) is 0 Å². The lowest BCUT2D eigenvalue weighted by Crippen LogP contribution is -2.43. The number of alkyl halides is 3. The molecular weight excluding hydrogens is 331 g/mol. The molecule has 8 heteroatoms. The van der Waals surface area contributed by atoms with Crippen LogP contribution in [0.4, 0.5) is 13.2 Å². The summed E-state index contributed by atoms with van der Waals surface area (Å²) in [5.41, 5.74) is 0.0794. The van der Waals surface area contributed by atoms with E-state index in [1.54, 1.807) is 0 Å². The third kappa shape index (κ3) is 3.69. The van der Waals surface area contributed by atoms with Crippen molar-refractivity contribution in [1.82, 2.24) is 4.90 Å². The third-order valence-electron chi connectivity index (χ3n) is 2.37. The number of carboxylic acid groups (broad SMARTS) is 1. The van der Waals surface area contributed by atoms with Crippen molar-refractivity contribution in [3.05, 3.63) is 34.3 Å². The van der Waals surface area contributed by atoms with E-state index in [0.717, 1.165) is 7.05 Å². The molecular formula is C11H9BrF3NO3. The average Bonchev–Trinajstić information content (AvgIpc) is 2.29. The van der Waals surface area contributed by atoms with Gasteiger partial charge in [-0.05, 0) is 17.7 Å².